The van der Waals surface area contributed by atoms with E-state index in [1.807, 2.05) is 58.1 Å². The monoisotopic (exact) mass is 1030 g/mol. The van der Waals surface area contributed by atoms with E-state index in [0.29, 0.717) is 50.5 Å². The molecule has 3 fully saturated rings. The van der Waals surface area contributed by atoms with Crippen LogP contribution in [0.1, 0.15) is 146 Å². The van der Waals surface area contributed by atoms with Crippen LogP contribution in [0.2, 0.25) is 18.1 Å². The van der Waals surface area contributed by atoms with E-state index in [0.717, 1.165) is 24.8 Å². The number of aliphatic hydroxyl groups excluding tert-OH is 1. The van der Waals surface area contributed by atoms with E-state index >= 15 is 0 Å². The van der Waals surface area contributed by atoms with Gasteiger partial charge >= 0.3 is 5.97 Å². The summed E-state index contributed by atoms with van der Waals surface area (Å²) in [6, 6.07) is -1.13. The fraction of sp³-hybridized carbons (Fsp3) is 0.772. The summed E-state index contributed by atoms with van der Waals surface area (Å²) < 4.78 is 37.0. The molecule has 3 heterocycles. The quantitative estimate of drug-likeness (QED) is 0.102. The Bertz CT molecular complexity index is 1970. The second-order valence-corrected chi connectivity index (χ2v) is 28.2. The van der Waals surface area contributed by atoms with Crippen molar-refractivity contribution in [2.75, 3.05) is 27.9 Å². The van der Waals surface area contributed by atoms with Crippen LogP contribution in [0.3, 0.4) is 0 Å². The average Bonchev–Trinajstić information content (AvgIpc) is 3.32. The first-order chi connectivity index (χ1) is 33.7. The maximum absolute atomic E-state index is 14.6. The van der Waals surface area contributed by atoms with Gasteiger partial charge in [-0.25, -0.2) is 4.79 Å². The van der Waals surface area contributed by atoms with Crippen LogP contribution in [-0.2, 0) is 52.1 Å². The lowest BCUT2D eigenvalue weighted by molar-refractivity contribution is -0.265. The van der Waals surface area contributed by atoms with E-state index < -0.39 is 86.1 Å². The lowest BCUT2D eigenvalue weighted by Gasteiger charge is -2.44. The van der Waals surface area contributed by atoms with Gasteiger partial charge < -0.3 is 43.2 Å². The SMILES string of the molecule is CO[C@H]1C[C@@H]2CC[C@@H](C)[C@@](O)(O2)C(=O)C(=O)N2CCCC[C@H]2C(=O)O[C@H]([C@H](C)C[C@@H]2CCC(O[Si](C)(C)C(C)(C)C)[C@H](OC)C2)CC(=O)[C@H](C)/C=C(\C)[C@@H](O)[C@@H](OC)C(=O)[C@H](C)C[C@H](C)/C=C/C=C/C=C/1C. The molecule has 15 atom stereocenters. The number of Topliss-reactive ketones (excluding diaryl/α,β-unsaturated/α-hetero) is 3. The number of hydrogen-bond donors (Lipinski definition) is 2. The van der Waals surface area contributed by atoms with Gasteiger partial charge in [-0.15, -0.1) is 0 Å². The third kappa shape index (κ3) is 15.9. The molecule has 408 valence electrons. The number of piperidine rings is 1. The third-order valence-electron chi connectivity index (χ3n) is 16.7. The van der Waals surface area contributed by atoms with Gasteiger partial charge in [0.1, 0.15) is 30.1 Å². The zero-order valence-electron chi connectivity index (χ0n) is 46.6. The van der Waals surface area contributed by atoms with Crippen molar-refractivity contribution in [3.05, 3.63) is 47.6 Å². The van der Waals surface area contributed by atoms with Gasteiger partial charge in [-0.1, -0.05) is 91.8 Å². The second kappa shape index (κ2) is 27.1. The first-order valence-electron chi connectivity index (χ1n) is 26.9. The van der Waals surface area contributed by atoms with Crippen molar-refractivity contribution < 1.29 is 62.3 Å². The Morgan fingerprint density at radius 3 is 2.18 bits per heavy atom. The summed E-state index contributed by atoms with van der Waals surface area (Å²) in [4.78, 5) is 72.7. The number of esters is 1. The molecule has 14 nitrogen and oxygen atoms in total. The number of cyclic esters (lactones) is 1. The number of carbonyl (C=O) groups is 5. The summed E-state index contributed by atoms with van der Waals surface area (Å²) in [6.07, 6.45) is 12.7. The number of amides is 1. The lowest BCUT2D eigenvalue weighted by Crippen LogP contribution is -2.61. The smallest absolute Gasteiger partial charge is 0.329 e. The number of aliphatic hydroxyl groups is 2. The molecule has 4 aliphatic rings. The molecule has 0 radical (unpaired) electrons. The molecule has 1 amide bonds. The number of hydrogen-bond acceptors (Lipinski definition) is 13. The molecule has 0 aromatic carbocycles. The van der Waals surface area contributed by atoms with Crippen LogP contribution in [0.25, 0.3) is 0 Å². The van der Waals surface area contributed by atoms with Crippen molar-refractivity contribution in [3.63, 3.8) is 0 Å². The Hall–Kier alpha value is -3.15. The molecule has 2 bridgehead atoms. The highest BCUT2D eigenvalue weighted by Crippen LogP contribution is 2.42. The van der Waals surface area contributed by atoms with Gasteiger partial charge in [0.2, 0.25) is 5.79 Å². The van der Waals surface area contributed by atoms with Gasteiger partial charge in [-0.05, 0) is 125 Å². The predicted molar refractivity (Wildman–Crippen MR) is 281 cm³/mol. The van der Waals surface area contributed by atoms with Crippen molar-refractivity contribution in [3.8, 4) is 0 Å². The Balaban J connectivity index is 1.70. The molecule has 2 N–H and O–H groups in total. The molecule has 1 saturated carbocycles. The molecule has 3 aliphatic heterocycles. The molecule has 72 heavy (non-hydrogen) atoms. The van der Waals surface area contributed by atoms with E-state index in [9.17, 15) is 34.2 Å². The van der Waals surface area contributed by atoms with Gasteiger partial charge in [0.05, 0.1) is 24.4 Å². The number of nitrogens with zero attached hydrogens (tertiary/aromatic N) is 1. The minimum absolute atomic E-state index is 0.0209. The molecule has 1 aliphatic carbocycles. The number of ether oxygens (including phenoxy) is 5. The number of rotatable bonds is 8. The highest BCUT2D eigenvalue weighted by Gasteiger charge is 2.53. The molecule has 0 spiro atoms. The van der Waals surface area contributed by atoms with Gasteiger partial charge in [0.15, 0.2) is 14.1 Å². The van der Waals surface area contributed by atoms with Gasteiger partial charge in [-0.3, -0.25) is 19.2 Å². The summed E-state index contributed by atoms with van der Waals surface area (Å²) >= 11 is 0. The Morgan fingerprint density at radius 1 is 0.847 bits per heavy atom. The minimum atomic E-state index is -2.43. The maximum Gasteiger partial charge on any atom is 0.329 e. The molecule has 0 aromatic heterocycles. The van der Waals surface area contributed by atoms with Crippen LogP contribution < -0.4 is 0 Å². The second-order valence-electron chi connectivity index (χ2n) is 23.4. The zero-order chi connectivity index (χ0) is 53.9. The van der Waals surface area contributed by atoms with Crippen LogP contribution in [-0.4, -0.2) is 135 Å². The fourth-order valence-electron chi connectivity index (χ4n) is 10.8. The average molecular weight is 1030 g/mol. The molecule has 2 saturated heterocycles. The first kappa shape index (κ1) is 61.4. The van der Waals surface area contributed by atoms with E-state index in [4.69, 9.17) is 28.1 Å². The molecule has 15 heteroatoms. The number of methoxy groups -OCH3 is 3. The molecule has 1 unspecified atom stereocenters. The number of fused-ring (bicyclic) bond motifs is 3. The Kier molecular flexibility index (Phi) is 23.1. The van der Waals surface area contributed by atoms with Gasteiger partial charge in [0.25, 0.3) is 11.7 Å². The van der Waals surface area contributed by atoms with Gasteiger partial charge in [-0.2, -0.15) is 0 Å². The molecular formula is C57H93NO13Si. The van der Waals surface area contributed by atoms with Crippen molar-refractivity contribution in [2.45, 2.75) is 219 Å². The summed E-state index contributed by atoms with van der Waals surface area (Å²) in [5, 5.41) is 23.6. The maximum atomic E-state index is 14.6. The van der Waals surface area contributed by atoms with E-state index in [-0.39, 0.29) is 66.0 Å². The van der Waals surface area contributed by atoms with Crippen LogP contribution in [0.15, 0.2) is 47.6 Å². The summed E-state index contributed by atoms with van der Waals surface area (Å²) in [7, 11) is 2.61. The normalized spacial score (nSPS) is 38.2. The summed E-state index contributed by atoms with van der Waals surface area (Å²) in [5.41, 5.74) is 1.29. The van der Waals surface area contributed by atoms with Crippen LogP contribution >= 0.6 is 0 Å². The Morgan fingerprint density at radius 2 is 1.54 bits per heavy atom. The highest BCUT2D eigenvalue weighted by atomic mass is 28.4. The van der Waals surface area contributed by atoms with E-state index in [1.165, 1.54) is 12.0 Å². The van der Waals surface area contributed by atoms with E-state index in [1.54, 1.807) is 41.1 Å². The van der Waals surface area contributed by atoms with Crippen LogP contribution in [0.4, 0.5) is 0 Å². The minimum Gasteiger partial charge on any atom is -0.460 e. The lowest BCUT2D eigenvalue weighted by atomic mass is 9.78. The van der Waals surface area contributed by atoms with Crippen molar-refractivity contribution in [1.82, 2.24) is 4.90 Å². The number of carbonyl (C=O) groups excluding carboxylic acids is 5. The van der Waals surface area contributed by atoms with Gasteiger partial charge in [0, 0.05) is 58.5 Å². The highest BCUT2D eigenvalue weighted by molar-refractivity contribution is 6.74. The summed E-state index contributed by atoms with van der Waals surface area (Å²) in [5.74, 6) is -7.77. The van der Waals surface area contributed by atoms with Crippen LogP contribution in [0, 0.1) is 35.5 Å². The van der Waals surface area contributed by atoms with Crippen molar-refractivity contribution in [1.29, 1.82) is 0 Å². The summed E-state index contributed by atoms with van der Waals surface area (Å²) in [6.45, 7) is 24.1. The molecule has 0 aromatic rings. The predicted octanol–water partition coefficient (Wildman–Crippen LogP) is 9.21. The molecule has 4 rings (SSSR count). The standard InChI is InChI=1S/C57H93NO13Si/c1-35-21-17-16-18-22-36(2)47(66-11)33-43-26-24-41(7)57(65,70-43)53(62)54(63)58-28-20-19-23-44(58)55(64)69-48(34-45(59)37(3)30-40(6)51(61)52(68-13)50(60)39(5)29-35)38(4)31-42-25-27-46(49(32-42)67-12)71-72(14,15)56(8,9)10/h16-18,21-22,30,35,37-39,41-44,46-49,51-52,61,65H,19-20,23-29,31-34H2,1-15H3/b18-16+,21-17+,36-22+,40-30+/t35-,37-,38-,39-,41-,42+,43+,44+,46?,47+,48+,49-,51-,52+,57-/m1/s1. The molecular weight excluding hydrogens is 935 g/mol. The number of allylic oxidation sites excluding steroid dienone is 6. The van der Waals surface area contributed by atoms with E-state index in [2.05, 4.69) is 33.9 Å². The topological polar surface area (TPSA) is 184 Å². The van der Waals surface area contributed by atoms with Crippen LogP contribution in [0.5, 0.6) is 0 Å². The fourth-order valence-corrected chi connectivity index (χ4v) is 12.2. The van der Waals surface area contributed by atoms with Crippen molar-refractivity contribution in [2.24, 2.45) is 35.5 Å². The first-order valence-corrected chi connectivity index (χ1v) is 29.8. The Labute approximate surface area is 433 Å². The largest absolute Gasteiger partial charge is 0.460 e. The van der Waals surface area contributed by atoms with Crippen molar-refractivity contribution >= 4 is 37.5 Å². The third-order valence-corrected chi connectivity index (χ3v) is 21.2. The number of ketones is 3. The zero-order valence-corrected chi connectivity index (χ0v) is 47.6.